The lowest BCUT2D eigenvalue weighted by molar-refractivity contribution is 0.0636. The maximum atomic E-state index is 11.9. The van der Waals surface area contributed by atoms with Gasteiger partial charge in [0.1, 0.15) is 5.60 Å². The van der Waals surface area contributed by atoms with Crippen molar-refractivity contribution in [2.75, 3.05) is 5.32 Å². The number of aromatic nitrogens is 1. The Bertz CT molecular complexity index is 631. The summed E-state index contributed by atoms with van der Waals surface area (Å²) < 4.78 is 5.28. The lowest BCUT2D eigenvalue weighted by atomic mass is 10.0. The van der Waals surface area contributed by atoms with E-state index in [4.69, 9.17) is 4.74 Å². The fourth-order valence-electron chi connectivity index (χ4n) is 1.93. The molecule has 0 aliphatic carbocycles. The molecule has 21 heavy (non-hydrogen) atoms. The van der Waals surface area contributed by atoms with Crippen LogP contribution in [-0.2, 0) is 4.74 Å². The quantitative estimate of drug-likeness (QED) is 0.889. The molecule has 2 rings (SSSR count). The maximum Gasteiger partial charge on any atom is 0.412 e. The highest BCUT2D eigenvalue weighted by Crippen LogP contribution is 2.28. The SMILES string of the molecule is Cc1cc(-c2ccccc2)c(NC(=O)OC(C)(C)C)cn1. The van der Waals surface area contributed by atoms with Crippen LogP contribution in [0.15, 0.2) is 42.6 Å². The minimum atomic E-state index is -0.533. The highest BCUT2D eigenvalue weighted by atomic mass is 16.6. The van der Waals surface area contributed by atoms with Crippen LogP contribution in [0.3, 0.4) is 0 Å². The molecule has 1 aromatic carbocycles. The van der Waals surface area contributed by atoms with Gasteiger partial charge >= 0.3 is 6.09 Å². The van der Waals surface area contributed by atoms with E-state index >= 15 is 0 Å². The summed E-state index contributed by atoms with van der Waals surface area (Å²) in [5.41, 5.74) is 2.95. The fraction of sp³-hybridized carbons (Fsp3) is 0.294. The summed E-state index contributed by atoms with van der Waals surface area (Å²) in [7, 11) is 0. The summed E-state index contributed by atoms with van der Waals surface area (Å²) in [5, 5.41) is 2.77. The monoisotopic (exact) mass is 284 g/mol. The topological polar surface area (TPSA) is 51.2 Å². The molecule has 0 aliphatic rings. The molecule has 0 fully saturated rings. The maximum absolute atomic E-state index is 11.9. The van der Waals surface area contributed by atoms with Gasteiger partial charge in [-0.1, -0.05) is 30.3 Å². The van der Waals surface area contributed by atoms with Crippen LogP contribution in [0, 0.1) is 6.92 Å². The molecule has 0 radical (unpaired) electrons. The lowest BCUT2D eigenvalue weighted by Crippen LogP contribution is -2.27. The van der Waals surface area contributed by atoms with Crippen LogP contribution in [-0.4, -0.2) is 16.7 Å². The number of hydrogen-bond acceptors (Lipinski definition) is 3. The highest BCUT2D eigenvalue weighted by Gasteiger charge is 2.17. The second kappa shape index (κ2) is 5.95. The molecule has 4 nitrogen and oxygen atoms in total. The van der Waals surface area contributed by atoms with Gasteiger partial charge in [-0.2, -0.15) is 0 Å². The minimum Gasteiger partial charge on any atom is -0.444 e. The van der Waals surface area contributed by atoms with E-state index in [1.54, 1.807) is 6.20 Å². The van der Waals surface area contributed by atoms with Crippen molar-refractivity contribution < 1.29 is 9.53 Å². The highest BCUT2D eigenvalue weighted by molar-refractivity contribution is 5.91. The molecule has 1 heterocycles. The summed E-state index contributed by atoms with van der Waals surface area (Å²) in [4.78, 5) is 16.2. The number of rotatable bonds is 2. The van der Waals surface area contributed by atoms with E-state index in [0.717, 1.165) is 16.8 Å². The van der Waals surface area contributed by atoms with E-state index < -0.39 is 11.7 Å². The summed E-state index contributed by atoms with van der Waals surface area (Å²) in [6.07, 6.45) is 1.17. The molecular formula is C17H20N2O2. The summed E-state index contributed by atoms with van der Waals surface area (Å²) >= 11 is 0. The number of nitrogens with zero attached hydrogens (tertiary/aromatic N) is 1. The third-order valence-electron chi connectivity index (χ3n) is 2.76. The molecule has 0 saturated carbocycles. The first-order valence-corrected chi connectivity index (χ1v) is 6.87. The molecule has 0 unspecified atom stereocenters. The van der Waals surface area contributed by atoms with Crippen LogP contribution in [0.2, 0.25) is 0 Å². The smallest absolute Gasteiger partial charge is 0.412 e. The number of ether oxygens (including phenoxy) is 1. The van der Waals surface area contributed by atoms with Crippen molar-refractivity contribution in [1.82, 2.24) is 4.98 Å². The second-order valence-electron chi connectivity index (χ2n) is 5.86. The Morgan fingerprint density at radius 1 is 1.19 bits per heavy atom. The van der Waals surface area contributed by atoms with Crippen LogP contribution in [0.1, 0.15) is 26.5 Å². The average Bonchev–Trinajstić information content (AvgIpc) is 2.40. The number of nitrogens with one attached hydrogen (secondary N) is 1. The third-order valence-corrected chi connectivity index (χ3v) is 2.76. The van der Waals surface area contributed by atoms with Crippen molar-refractivity contribution in [2.24, 2.45) is 0 Å². The molecule has 110 valence electrons. The Morgan fingerprint density at radius 3 is 2.48 bits per heavy atom. The predicted molar refractivity (Wildman–Crippen MR) is 84.3 cm³/mol. The predicted octanol–water partition coefficient (Wildman–Crippen LogP) is 4.40. The van der Waals surface area contributed by atoms with E-state index in [1.165, 1.54) is 0 Å². The van der Waals surface area contributed by atoms with Crippen molar-refractivity contribution in [3.8, 4) is 11.1 Å². The van der Waals surface area contributed by atoms with Gasteiger partial charge in [0.15, 0.2) is 0 Å². The summed E-state index contributed by atoms with van der Waals surface area (Å²) in [6, 6.07) is 11.8. The van der Waals surface area contributed by atoms with Gasteiger partial charge in [0.2, 0.25) is 0 Å². The molecule has 0 atom stereocenters. The number of amides is 1. The molecular weight excluding hydrogens is 264 g/mol. The number of carbonyl (C=O) groups is 1. The Hall–Kier alpha value is -2.36. The van der Waals surface area contributed by atoms with Gasteiger partial charge < -0.3 is 4.74 Å². The van der Waals surface area contributed by atoms with Crippen LogP contribution < -0.4 is 5.32 Å². The molecule has 0 aliphatic heterocycles. The van der Waals surface area contributed by atoms with E-state index in [1.807, 2.05) is 64.1 Å². The lowest BCUT2D eigenvalue weighted by Gasteiger charge is -2.20. The molecule has 4 heteroatoms. The van der Waals surface area contributed by atoms with Crippen LogP contribution in [0.25, 0.3) is 11.1 Å². The van der Waals surface area contributed by atoms with Crippen molar-refractivity contribution in [3.63, 3.8) is 0 Å². The fourth-order valence-corrected chi connectivity index (χ4v) is 1.93. The standard InChI is InChI=1S/C17H20N2O2/c1-12-10-14(13-8-6-5-7-9-13)15(11-18-12)19-16(20)21-17(2,3)4/h5-11H,1-4H3,(H,19,20). The van der Waals surface area contributed by atoms with E-state index in [9.17, 15) is 4.79 Å². The molecule has 1 amide bonds. The van der Waals surface area contributed by atoms with Crippen molar-refractivity contribution >= 4 is 11.8 Å². The number of anilines is 1. The molecule has 1 aromatic heterocycles. The molecule has 1 N–H and O–H groups in total. The van der Waals surface area contributed by atoms with Gasteiger partial charge in [-0.25, -0.2) is 4.79 Å². The normalized spacial score (nSPS) is 11.0. The zero-order valence-corrected chi connectivity index (χ0v) is 12.8. The molecule has 0 bridgehead atoms. The number of pyridine rings is 1. The number of benzene rings is 1. The van der Waals surface area contributed by atoms with Crippen molar-refractivity contribution in [3.05, 3.63) is 48.3 Å². The van der Waals surface area contributed by atoms with E-state index in [2.05, 4.69) is 10.3 Å². The number of hydrogen-bond donors (Lipinski definition) is 1. The summed E-state index contributed by atoms with van der Waals surface area (Å²) in [6.45, 7) is 7.41. The van der Waals surface area contributed by atoms with Gasteiger partial charge in [0.05, 0.1) is 11.9 Å². The summed E-state index contributed by atoms with van der Waals surface area (Å²) in [5.74, 6) is 0. The Morgan fingerprint density at radius 2 is 1.86 bits per heavy atom. The Labute approximate surface area is 125 Å². The van der Waals surface area contributed by atoms with Gasteiger partial charge in [0, 0.05) is 11.3 Å². The zero-order chi connectivity index (χ0) is 15.5. The van der Waals surface area contributed by atoms with Crippen molar-refractivity contribution in [1.29, 1.82) is 0 Å². The largest absolute Gasteiger partial charge is 0.444 e. The van der Waals surface area contributed by atoms with E-state index in [-0.39, 0.29) is 0 Å². The first-order chi connectivity index (χ1) is 9.85. The van der Waals surface area contributed by atoms with Gasteiger partial charge in [0.25, 0.3) is 0 Å². The second-order valence-corrected chi connectivity index (χ2v) is 5.86. The van der Waals surface area contributed by atoms with Gasteiger partial charge in [-0.05, 0) is 39.3 Å². The minimum absolute atomic E-state index is 0.481. The first kappa shape index (κ1) is 15.0. The third kappa shape index (κ3) is 4.31. The zero-order valence-electron chi connectivity index (χ0n) is 12.8. The van der Waals surface area contributed by atoms with Crippen LogP contribution in [0.4, 0.5) is 10.5 Å². The Kier molecular flexibility index (Phi) is 4.26. The van der Waals surface area contributed by atoms with Crippen LogP contribution in [0.5, 0.6) is 0 Å². The number of aryl methyl sites for hydroxylation is 1. The van der Waals surface area contributed by atoms with Gasteiger partial charge in [-0.3, -0.25) is 10.3 Å². The first-order valence-electron chi connectivity index (χ1n) is 6.87. The van der Waals surface area contributed by atoms with Crippen LogP contribution >= 0.6 is 0 Å². The molecule has 0 saturated heterocycles. The van der Waals surface area contributed by atoms with Gasteiger partial charge in [-0.15, -0.1) is 0 Å². The average molecular weight is 284 g/mol. The molecule has 0 spiro atoms. The van der Waals surface area contributed by atoms with Crippen molar-refractivity contribution in [2.45, 2.75) is 33.3 Å². The molecule has 2 aromatic rings. The number of carbonyl (C=O) groups excluding carboxylic acids is 1. The Balaban J connectivity index is 2.30. The van der Waals surface area contributed by atoms with E-state index in [0.29, 0.717) is 5.69 Å².